The molecule has 0 aliphatic heterocycles. The van der Waals surface area contributed by atoms with Crippen LogP contribution >= 0.6 is 11.6 Å². The van der Waals surface area contributed by atoms with Gasteiger partial charge >= 0.3 is 0 Å². The molecule has 1 aliphatic rings. The number of aryl methyl sites for hydroxylation is 1. The number of fused-ring (bicyclic) bond motifs is 1. The van der Waals surface area contributed by atoms with Crippen molar-refractivity contribution in [3.05, 3.63) is 100 Å². The Hall–Kier alpha value is -2.33. The summed E-state index contributed by atoms with van der Waals surface area (Å²) in [5.74, 6) is 0.322. The Balaban J connectivity index is 1.59. The van der Waals surface area contributed by atoms with Crippen LogP contribution in [0.5, 0.6) is 5.75 Å². The van der Waals surface area contributed by atoms with Gasteiger partial charge in [-0.15, -0.1) is 0 Å². The number of rotatable bonds is 6. The minimum atomic E-state index is -0.612. The number of aliphatic hydroxyl groups is 1. The van der Waals surface area contributed by atoms with Gasteiger partial charge in [-0.25, -0.2) is 0 Å². The van der Waals surface area contributed by atoms with E-state index in [-0.39, 0.29) is 0 Å². The van der Waals surface area contributed by atoms with Gasteiger partial charge in [0.2, 0.25) is 0 Å². The van der Waals surface area contributed by atoms with Crippen molar-refractivity contribution < 1.29 is 10.2 Å². The topological polar surface area (TPSA) is 43.7 Å². The molecule has 1 aliphatic carbocycles. The highest BCUT2D eigenvalue weighted by Gasteiger charge is 2.25. The minimum Gasteiger partial charge on any atom is -0.508 e. The maximum Gasteiger partial charge on any atom is 0.115 e. The Morgan fingerprint density at radius 2 is 1.80 bits per heavy atom. The number of phenolic OH excluding ortho intramolecular Hbond substituents is 1. The summed E-state index contributed by atoms with van der Waals surface area (Å²) in [7, 11) is 0. The van der Waals surface area contributed by atoms with Crippen LogP contribution in [0.4, 0.5) is 0 Å². The molecule has 3 nitrogen and oxygen atoms in total. The smallest absolute Gasteiger partial charge is 0.115 e. The first-order chi connectivity index (χ1) is 14.6. The zero-order chi connectivity index (χ0) is 20.9. The second-order valence-electron chi connectivity index (χ2n) is 8.19. The van der Waals surface area contributed by atoms with E-state index in [1.165, 1.54) is 16.7 Å². The molecule has 0 bridgehead atoms. The molecule has 2 atom stereocenters. The summed E-state index contributed by atoms with van der Waals surface area (Å²) in [4.78, 5) is 2.39. The van der Waals surface area contributed by atoms with Crippen molar-refractivity contribution in [2.24, 2.45) is 0 Å². The molecule has 156 valence electrons. The van der Waals surface area contributed by atoms with Gasteiger partial charge in [-0.05, 0) is 72.2 Å². The number of hydrogen-bond donors (Lipinski definition) is 2. The van der Waals surface area contributed by atoms with E-state index in [4.69, 9.17) is 11.6 Å². The molecule has 0 aromatic heterocycles. The predicted molar refractivity (Wildman–Crippen MR) is 122 cm³/mol. The van der Waals surface area contributed by atoms with Gasteiger partial charge in [-0.1, -0.05) is 60.1 Å². The van der Waals surface area contributed by atoms with Gasteiger partial charge in [-0.2, -0.15) is 0 Å². The number of nitrogens with zero attached hydrogens (tertiary/aromatic N) is 1. The molecule has 3 aromatic carbocycles. The molecule has 0 radical (unpaired) electrons. The number of aliphatic hydroxyl groups excluding tert-OH is 1. The van der Waals surface area contributed by atoms with Gasteiger partial charge in [0.15, 0.2) is 0 Å². The highest BCUT2D eigenvalue weighted by atomic mass is 35.5. The molecule has 0 amide bonds. The van der Waals surface area contributed by atoms with Gasteiger partial charge in [0.05, 0.1) is 6.10 Å². The number of aromatic hydroxyl groups is 1. The summed E-state index contributed by atoms with van der Waals surface area (Å²) in [6.07, 6.45) is 3.45. The fraction of sp³-hybridized carbons (Fsp3) is 0.308. The Morgan fingerprint density at radius 3 is 2.60 bits per heavy atom. The van der Waals surface area contributed by atoms with Crippen LogP contribution in [0.1, 0.15) is 41.2 Å². The maximum absolute atomic E-state index is 11.0. The van der Waals surface area contributed by atoms with Crippen LogP contribution in [-0.4, -0.2) is 27.7 Å². The Labute approximate surface area is 183 Å². The van der Waals surface area contributed by atoms with Gasteiger partial charge in [0.25, 0.3) is 0 Å². The number of benzene rings is 3. The fourth-order valence-electron chi connectivity index (χ4n) is 4.44. The van der Waals surface area contributed by atoms with Gasteiger partial charge < -0.3 is 10.2 Å². The average Bonchev–Trinajstić information content (AvgIpc) is 2.96. The Bertz CT molecular complexity index is 976. The molecule has 4 rings (SSSR count). The first kappa shape index (κ1) is 20.9. The largest absolute Gasteiger partial charge is 0.508 e. The maximum atomic E-state index is 11.0. The highest BCUT2D eigenvalue weighted by molar-refractivity contribution is 6.30. The molecule has 1 unspecified atom stereocenters. The van der Waals surface area contributed by atoms with E-state index in [0.717, 1.165) is 37.8 Å². The first-order valence-corrected chi connectivity index (χ1v) is 11.0. The lowest BCUT2D eigenvalue weighted by Gasteiger charge is -2.33. The zero-order valence-corrected chi connectivity index (χ0v) is 17.8. The van der Waals surface area contributed by atoms with Gasteiger partial charge in [0.1, 0.15) is 5.75 Å². The number of halogens is 1. The molecular weight excluding hydrogens is 394 g/mol. The molecule has 4 heteroatoms. The van der Waals surface area contributed by atoms with Crippen LogP contribution in [0.3, 0.4) is 0 Å². The first-order valence-electron chi connectivity index (χ1n) is 10.6. The molecule has 2 N–H and O–H groups in total. The summed E-state index contributed by atoms with van der Waals surface area (Å²) in [6, 6.07) is 23.9. The van der Waals surface area contributed by atoms with Crippen molar-refractivity contribution in [2.75, 3.05) is 6.54 Å². The molecule has 3 aromatic rings. The van der Waals surface area contributed by atoms with Crippen LogP contribution in [-0.2, 0) is 19.4 Å². The zero-order valence-electron chi connectivity index (χ0n) is 17.0. The van der Waals surface area contributed by atoms with E-state index in [9.17, 15) is 10.2 Å². The predicted octanol–water partition coefficient (Wildman–Crippen LogP) is 5.53. The van der Waals surface area contributed by atoms with E-state index in [1.807, 2.05) is 36.4 Å². The van der Waals surface area contributed by atoms with Crippen molar-refractivity contribution in [3.63, 3.8) is 0 Å². The third-order valence-corrected chi connectivity index (χ3v) is 6.25. The molecule has 0 spiro atoms. The van der Waals surface area contributed by atoms with Crippen molar-refractivity contribution in [2.45, 2.75) is 44.4 Å². The van der Waals surface area contributed by atoms with Gasteiger partial charge in [0, 0.05) is 24.2 Å². The molecular formula is C26H28ClNO2. The van der Waals surface area contributed by atoms with Crippen molar-refractivity contribution in [3.8, 4) is 5.75 Å². The normalized spacial score (nSPS) is 17.4. The van der Waals surface area contributed by atoms with E-state index in [0.29, 0.717) is 23.4 Å². The van der Waals surface area contributed by atoms with Crippen molar-refractivity contribution in [1.82, 2.24) is 4.90 Å². The summed E-state index contributed by atoms with van der Waals surface area (Å²) in [6.45, 7) is 1.31. The lowest BCUT2D eigenvalue weighted by molar-refractivity contribution is 0.0778. The standard InChI is InChI=1S/C26H28ClNO2/c27-23-10-4-9-21(14-23)26(30)18-28(17-19-6-2-1-3-7-19)24-11-5-8-20-12-13-25(29)16-22(20)15-24/h1-4,6-7,9-10,12-14,16,24,26,29-30H,5,8,11,15,17-18H2/t24?,26-/m1/s1. The summed E-state index contributed by atoms with van der Waals surface area (Å²) < 4.78 is 0. The molecule has 0 heterocycles. The highest BCUT2D eigenvalue weighted by Crippen LogP contribution is 2.29. The van der Waals surface area contributed by atoms with E-state index >= 15 is 0 Å². The minimum absolute atomic E-state index is 0.294. The average molecular weight is 422 g/mol. The molecule has 0 saturated heterocycles. The summed E-state index contributed by atoms with van der Waals surface area (Å²) >= 11 is 6.15. The third-order valence-electron chi connectivity index (χ3n) is 6.01. The second kappa shape index (κ2) is 9.65. The molecule has 30 heavy (non-hydrogen) atoms. The summed E-state index contributed by atoms with van der Waals surface area (Å²) in [5, 5.41) is 21.6. The number of phenols is 1. The lowest BCUT2D eigenvalue weighted by atomic mass is 9.99. The monoisotopic (exact) mass is 421 g/mol. The van der Waals surface area contributed by atoms with Crippen LogP contribution < -0.4 is 0 Å². The van der Waals surface area contributed by atoms with Crippen LogP contribution in [0, 0.1) is 0 Å². The third kappa shape index (κ3) is 5.23. The fourth-order valence-corrected chi connectivity index (χ4v) is 4.64. The van der Waals surface area contributed by atoms with Crippen LogP contribution in [0.15, 0.2) is 72.8 Å². The Kier molecular flexibility index (Phi) is 6.73. The summed E-state index contributed by atoms with van der Waals surface area (Å²) in [5.41, 5.74) is 4.61. The SMILES string of the molecule is Oc1ccc2c(c1)CC(N(Cc1ccccc1)C[C@@H](O)c1cccc(Cl)c1)CCC2. The van der Waals surface area contributed by atoms with Crippen molar-refractivity contribution in [1.29, 1.82) is 0 Å². The molecule has 0 saturated carbocycles. The van der Waals surface area contributed by atoms with E-state index in [1.54, 1.807) is 6.07 Å². The van der Waals surface area contributed by atoms with Crippen LogP contribution in [0.2, 0.25) is 5.02 Å². The van der Waals surface area contributed by atoms with Crippen LogP contribution in [0.25, 0.3) is 0 Å². The lowest BCUT2D eigenvalue weighted by Crippen LogP contribution is -2.39. The quantitative estimate of drug-likeness (QED) is 0.514. The van der Waals surface area contributed by atoms with E-state index in [2.05, 4.69) is 35.2 Å². The van der Waals surface area contributed by atoms with E-state index < -0.39 is 6.10 Å². The van der Waals surface area contributed by atoms with Crippen molar-refractivity contribution >= 4 is 11.6 Å². The second-order valence-corrected chi connectivity index (χ2v) is 8.63. The molecule has 0 fully saturated rings. The van der Waals surface area contributed by atoms with Gasteiger partial charge in [-0.3, -0.25) is 4.90 Å². The number of hydrogen-bond acceptors (Lipinski definition) is 3. The Morgan fingerprint density at radius 1 is 0.967 bits per heavy atom.